The van der Waals surface area contributed by atoms with Crippen molar-refractivity contribution in [2.75, 3.05) is 5.32 Å². The Morgan fingerprint density at radius 2 is 1.87 bits per heavy atom. The topological polar surface area (TPSA) is 59.0 Å². The zero-order chi connectivity index (χ0) is 21.5. The summed E-state index contributed by atoms with van der Waals surface area (Å²) in [5.74, 6) is -0.510. The van der Waals surface area contributed by atoms with Crippen molar-refractivity contribution in [3.63, 3.8) is 0 Å². The van der Waals surface area contributed by atoms with Crippen molar-refractivity contribution in [1.82, 2.24) is 15.1 Å². The van der Waals surface area contributed by atoms with Crippen LogP contribution in [0.2, 0.25) is 5.02 Å². The van der Waals surface area contributed by atoms with Gasteiger partial charge in [-0.25, -0.2) is 4.68 Å². The van der Waals surface area contributed by atoms with E-state index in [0.717, 1.165) is 41.3 Å². The number of nitrogens with zero attached hydrogens (tertiary/aromatic N) is 2. The molecule has 30 heavy (non-hydrogen) atoms. The fourth-order valence-electron chi connectivity index (χ4n) is 4.15. The van der Waals surface area contributed by atoms with Gasteiger partial charge in [0.05, 0.1) is 6.04 Å². The molecule has 4 rings (SSSR count). The number of carbonyl (C=O) groups excluding carboxylic acids is 1. The van der Waals surface area contributed by atoms with Crippen LogP contribution in [0, 0.1) is 0 Å². The SMILES string of the molecule is O=C(NC1CCCCC1)c1nn2c(c1Cl)N[C@H](c1ccc(Br)cc1)C[C@@H]2C(F)(F)F. The number of nitrogens with one attached hydrogen (secondary N) is 2. The number of hydrogen-bond donors (Lipinski definition) is 2. The van der Waals surface area contributed by atoms with Crippen LogP contribution >= 0.6 is 27.5 Å². The molecule has 2 aromatic rings. The third-order valence-electron chi connectivity index (χ3n) is 5.72. The molecule has 162 valence electrons. The van der Waals surface area contributed by atoms with Crippen molar-refractivity contribution < 1.29 is 18.0 Å². The van der Waals surface area contributed by atoms with E-state index in [-0.39, 0.29) is 29.0 Å². The van der Waals surface area contributed by atoms with E-state index in [0.29, 0.717) is 5.56 Å². The number of halogens is 5. The standard InChI is InChI=1S/C20H21BrClF3N4O/c21-12-8-6-11(7-9-12)14-10-15(20(23,24)25)29-18(27-14)16(22)17(28-29)19(30)26-13-4-2-1-3-5-13/h6-9,13-15,27H,1-5,10H2,(H,26,30)/t14-,15+/m0/s1. The first-order chi connectivity index (χ1) is 14.2. The first-order valence-electron chi connectivity index (χ1n) is 9.91. The third kappa shape index (κ3) is 4.32. The number of anilines is 1. The lowest BCUT2D eigenvalue weighted by atomic mass is 9.95. The van der Waals surface area contributed by atoms with Gasteiger partial charge < -0.3 is 10.6 Å². The lowest BCUT2D eigenvalue weighted by molar-refractivity contribution is -0.173. The Balaban J connectivity index is 1.65. The van der Waals surface area contributed by atoms with Gasteiger partial charge in [0, 0.05) is 16.9 Å². The number of benzene rings is 1. The second-order valence-corrected chi connectivity index (χ2v) is 9.10. The summed E-state index contributed by atoms with van der Waals surface area (Å²) in [6.45, 7) is 0. The Labute approximate surface area is 185 Å². The predicted molar refractivity (Wildman–Crippen MR) is 112 cm³/mol. The Hall–Kier alpha value is -1.74. The molecule has 2 heterocycles. The zero-order valence-electron chi connectivity index (χ0n) is 16.0. The van der Waals surface area contributed by atoms with E-state index in [1.54, 1.807) is 24.3 Å². The maximum atomic E-state index is 13.8. The molecule has 1 aliphatic carbocycles. The Morgan fingerprint density at radius 1 is 1.20 bits per heavy atom. The molecule has 2 aliphatic rings. The molecule has 1 aromatic heterocycles. The van der Waals surface area contributed by atoms with Gasteiger partial charge in [-0.1, -0.05) is 58.9 Å². The average molecular weight is 506 g/mol. The van der Waals surface area contributed by atoms with Crippen molar-refractivity contribution in [1.29, 1.82) is 0 Å². The fraction of sp³-hybridized carbons (Fsp3) is 0.500. The molecule has 1 aliphatic heterocycles. The maximum Gasteiger partial charge on any atom is 0.410 e. The molecule has 1 saturated carbocycles. The Kier molecular flexibility index (Phi) is 6.03. The second-order valence-electron chi connectivity index (χ2n) is 7.81. The van der Waals surface area contributed by atoms with Crippen LogP contribution in [0.1, 0.15) is 66.7 Å². The van der Waals surface area contributed by atoms with Gasteiger partial charge in [0.15, 0.2) is 11.7 Å². The predicted octanol–water partition coefficient (Wildman–Crippen LogP) is 6.02. The van der Waals surface area contributed by atoms with Crippen LogP contribution in [0.25, 0.3) is 0 Å². The van der Waals surface area contributed by atoms with Crippen LogP contribution in [0.4, 0.5) is 19.0 Å². The van der Waals surface area contributed by atoms with Gasteiger partial charge in [-0.2, -0.15) is 18.3 Å². The molecule has 1 amide bonds. The molecule has 1 fully saturated rings. The first-order valence-corrected chi connectivity index (χ1v) is 11.1. The number of fused-ring (bicyclic) bond motifs is 1. The van der Waals surface area contributed by atoms with E-state index in [1.807, 2.05) is 0 Å². The summed E-state index contributed by atoms with van der Waals surface area (Å²) in [4.78, 5) is 12.7. The van der Waals surface area contributed by atoms with Crippen molar-refractivity contribution in [3.05, 3.63) is 45.0 Å². The van der Waals surface area contributed by atoms with Crippen LogP contribution in [0.5, 0.6) is 0 Å². The molecule has 2 atom stereocenters. The van der Waals surface area contributed by atoms with E-state index in [4.69, 9.17) is 11.6 Å². The molecule has 0 spiro atoms. The van der Waals surface area contributed by atoms with Gasteiger partial charge in [0.1, 0.15) is 10.8 Å². The van der Waals surface area contributed by atoms with Gasteiger partial charge in [0.2, 0.25) is 0 Å². The third-order valence-corrected chi connectivity index (χ3v) is 6.61. The van der Waals surface area contributed by atoms with E-state index >= 15 is 0 Å². The molecule has 0 unspecified atom stereocenters. The zero-order valence-corrected chi connectivity index (χ0v) is 18.3. The molecule has 10 heteroatoms. The van der Waals surface area contributed by atoms with Crippen molar-refractivity contribution in [2.45, 2.75) is 62.8 Å². The lowest BCUT2D eigenvalue weighted by Crippen LogP contribution is -2.37. The second kappa shape index (κ2) is 8.42. The highest BCUT2D eigenvalue weighted by Crippen LogP contribution is 2.46. The highest BCUT2D eigenvalue weighted by Gasteiger charge is 2.48. The summed E-state index contributed by atoms with van der Waals surface area (Å²) < 4.78 is 43.2. The highest BCUT2D eigenvalue weighted by molar-refractivity contribution is 9.10. The number of rotatable bonds is 3. The molecule has 0 bridgehead atoms. The van der Waals surface area contributed by atoms with Crippen LogP contribution in [-0.4, -0.2) is 27.9 Å². The number of hydrogen-bond acceptors (Lipinski definition) is 3. The van der Waals surface area contributed by atoms with E-state index in [1.165, 1.54) is 0 Å². The largest absolute Gasteiger partial charge is 0.410 e. The summed E-state index contributed by atoms with van der Waals surface area (Å²) in [5, 5.41) is 9.83. The molecule has 1 aromatic carbocycles. The molecule has 0 saturated heterocycles. The molecule has 5 nitrogen and oxygen atoms in total. The summed E-state index contributed by atoms with van der Waals surface area (Å²) in [6.07, 6.45) is 0.0884. The smallest absolute Gasteiger partial charge is 0.362 e. The Morgan fingerprint density at radius 3 is 2.50 bits per heavy atom. The van der Waals surface area contributed by atoms with Crippen LogP contribution in [0.15, 0.2) is 28.7 Å². The van der Waals surface area contributed by atoms with Gasteiger partial charge in [-0.15, -0.1) is 0 Å². The normalized spacial score (nSPS) is 22.3. The van der Waals surface area contributed by atoms with Crippen molar-refractivity contribution in [2.24, 2.45) is 0 Å². The molecular formula is C20H21BrClF3N4O. The van der Waals surface area contributed by atoms with Crippen LogP contribution in [0.3, 0.4) is 0 Å². The molecule has 2 N–H and O–H groups in total. The number of amides is 1. The number of carbonyl (C=O) groups is 1. The molecule has 0 radical (unpaired) electrons. The number of aromatic nitrogens is 2. The number of alkyl halides is 3. The van der Waals surface area contributed by atoms with E-state index < -0.39 is 24.2 Å². The van der Waals surface area contributed by atoms with Crippen LogP contribution in [-0.2, 0) is 0 Å². The Bertz CT molecular complexity index is 925. The minimum atomic E-state index is -4.53. The van der Waals surface area contributed by atoms with Gasteiger partial charge in [0.25, 0.3) is 5.91 Å². The van der Waals surface area contributed by atoms with Crippen LogP contribution < -0.4 is 10.6 Å². The monoisotopic (exact) mass is 504 g/mol. The summed E-state index contributed by atoms with van der Waals surface area (Å²) >= 11 is 9.70. The quantitative estimate of drug-likeness (QED) is 0.536. The molecular weight excluding hydrogens is 485 g/mol. The van der Waals surface area contributed by atoms with Crippen molar-refractivity contribution >= 4 is 39.3 Å². The summed E-state index contributed by atoms with van der Waals surface area (Å²) in [7, 11) is 0. The maximum absolute atomic E-state index is 13.8. The summed E-state index contributed by atoms with van der Waals surface area (Å²) in [6, 6.07) is 4.57. The van der Waals surface area contributed by atoms with Gasteiger partial charge in [-0.05, 0) is 30.5 Å². The van der Waals surface area contributed by atoms with E-state index in [2.05, 4.69) is 31.7 Å². The lowest BCUT2D eigenvalue weighted by Gasteiger charge is -2.33. The minimum absolute atomic E-state index is 0.00271. The fourth-order valence-corrected chi connectivity index (χ4v) is 4.68. The van der Waals surface area contributed by atoms with Crippen molar-refractivity contribution in [3.8, 4) is 0 Å². The highest BCUT2D eigenvalue weighted by atomic mass is 79.9. The van der Waals surface area contributed by atoms with E-state index in [9.17, 15) is 18.0 Å². The summed E-state index contributed by atoms with van der Waals surface area (Å²) in [5.41, 5.74) is 0.527. The van der Waals surface area contributed by atoms with Gasteiger partial charge >= 0.3 is 6.18 Å². The first kappa shape index (κ1) is 21.5. The van der Waals surface area contributed by atoms with Gasteiger partial charge in [-0.3, -0.25) is 4.79 Å². The average Bonchev–Trinajstić information content (AvgIpc) is 3.04. The minimum Gasteiger partial charge on any atom is -0.362 e.